The molecule has 2 heterocycles. The molecule has 6 nitrogen and oxygen atoms in total. The summed E-state index contributed by atoms with van der Waals surface area (Å²) in [5.41, 5.74) is 0.628. The quantitative estimate of drug-likeness (QED) is 0.856. The lowest BCUT2D eigenvalue weighted by atomic mass is 10.0. The number of benzene rings is 1. The second-order valence-corrected chi connectivity index (χ2v) is 6.86. The van der Waals surface area contributed by atoms with Crippen LogP contribution >= 0.6 is 0 Å². The summed E-state index contributed by atoms with van der Waals surface area (Å²) < 4.78 is 7.78. The Morgan fingerprint density at radius 3 is 2.72 bits per heavy atom. The van der Waals surface area contributed by atoms with Crippen molar-refractivity contribution in [3.63, 3.8) is 0 Å². The Morgan fingerprint density at radius 1 is 1.28 bits per heavy atom. The van der Waals surface area contributed by atoms with Crippen molar-refractivity contribution in [2.75, 3.05) is 13.1 Å². The van der Waals surface area contributed by atoms with Crippen LogP contribution in [0.25, 0.3) is 0 Å². The monoisotopic (exact) mass is 342 g/mol. The second kappa shape index (κ2) is 7.25. The fourth-order valence-electron chi connectivity index (χ4n) is 3.39. The van der Waals surface area contributed by atoms with Crippen LogP contribution in [0.4, 0.5) is 0 Å². The number of hydrogen-bond donors (Lipinski definition) is 0. The van der Waals surface area contributed by atoms with Gasteiger partial charge in [0.2, 0.25) is 0 Å². The van der Waals surface area contributed by atoms with Gasteiger partial charge in [0.1, 0.15) is 17.4 Å². The molecule has 0 unspecified atom stereocenters. The van der Waals surface area contributed by atoms with Gasteiger partial charge in [0, 0.05) is 13.1 Å². The first-order valence-electron chi connectivity index (χ1n) is 8.90. The predicted octanol–water partition coefficient (Wildman–Crippen LogP) is 3.16. The topological polar surface area (TPSA) is 60.2 Å². The molecule has 6 heteroatoms. The average molecular weight is 342 g/mol. The third-order valence-electron chi connectivity index (χ3n) is 4.42. The largest absolute Gasteiger partial charge is 0.490 e. The van der Waals surface area contributed by atoms with Gasteiger partial charge in [-0.2, -0.15) is 5.10 Å². The lowest BCUT2D eigenvalue weighted by Gasteiger charge is -2.33. The second-order valence-electron chi connectivity index (χ2n) is 6.86. The van der Waals surface area contributed by atoms with Gasteiger partial charge in [-0.3, -0.25) is 4.79 Å². The highest BCUT2D eigenvalue weighted by Gasteiger charge is 2.28. The number of carbonyl (C=O) groups is 1. The van der Waals surface area contributed by atoms with Crippen molar-refractivity contribution in [3.05, 3.63) is 41.5 Å². The Balaban J connectivity index is 1.80. The smallest absolute Gasteiger partial charge is 0.257 e. The van der Waals surface area contributed by atoms with Crippen LogP contribution in [0.5, 0.6) is 5.75 Å². The highest BCUT2D eigenvalue weighted by atomic mass is 16.5. The van der Waals surface area contributed by atoms with Gasteiger partial charge in [0.05, 0.1) is 17.7 Å². The van der Waals surface area contributed by atoms with Crippen molar-refractivity contribution in [1.82, 2.24) is 19.7 Å². The van der Waals surface area contributed by atoms with E-state index in [-0.39, 0.29) is 18.1 Å². The zero-order valence-corrected chi connectivity index (χ0v) is 15.4. The van der Waals surface area contributed by atoms with E-state index in [0.29, 0.717) is 17.9 Å². The van der Waals surface area contributed by atoms with E-state index in [1.807, 2.05) is 61.5 Å². The van der Waals surface area contributed by atoms with Crippen LogP contribution < -0.4 is 4.74 Å². The first kappa shape index (κ1) is 17.5. The van der Waals surface area contributed by atoms with E-state index in [2.05, 4.69) is 10.1 Å². The maximum absolute atomic E-state index is 13.1. The van der Waals surface area contributed by atoms with Crippen molar-refractivity contribution in [3.8, 4) is 5.75 Å². The fourth-order valence-corrected chi connectivity index (χ4v) is 3.39. The fraction of sp³-hybridized carbons (Fsp3) is 0.526. The van der Waals surface area contributed by atoms with Gasteiger partial charge in [-0.1, -0.05) is 12.1 Å². The number of piperidine rings is 1. The predicted molar refractivity (Wildman–Crippen MR) is 95.9 cm³/mol. The van der Waals surface area contributed by atoms with Gasteiger partial charge >= 0.3 is 0 Å². The molecule has 1 aliphatic heterocycles. The van der Waals surface area contributed by atoms with E-state index in [4.69, 9.17) is 4.74 Å². The number of rotatable bonds is 4. The zero-order chi connectivity index (χ0) is 18.0. The van der Waals surface area contributed by atoms with E-state index in [9.17, 15) is 4.79 Å². The molecule has 0 spiro atoms. The number of carbonyl (C=O) groups excluding carboxylic acids is 1. The van der Waals surface area contributed by atoms with Gasteiger partial charge in [0.15, 0.2) is 0 Å². The highest BCUT2D eigenvalue weighted by Crippen LogP contribution is 2.26. The standard InChI is InChI=1S/C19H26N4O2/c1-13(2)25-18-10-6-5-9-17(18)19(24)22-11-7-8-16(12-22)23-15(4)20-14(3)21-23/h5-6,9-10,13,16H,7-8,11-12H2,1-4H3/t16-/m1/s1. The molecule has 0 aliphatic carbocycles. The minimum Gasteiger partial charge on any atom is -0.490 e. The summed E-state index contributed by atoms with van der Waals surface area (Å²) in [6.07, 6.45) is 2.00. The third kappa shape index (κ3) is 3.83. The van der Waals surface area contributed by atoms with Crippen molar-refractivity contribution in [1.29, 1.82) is 0 Å². The van der Waals surface area contributed by atoms with E-state index in [1.165, 1.54) is 0 Å². The van der Waals surface area contributed by atoms with Crippen LogP contribution in [0.3, 0.4) is 0 Å². The Hall–Kier alpha value is -2.37. The molecule has 0 bridgehead atoms. The first-order chi connectivity index (χ1) is 12.0. The van der Waals surface area contributed by atoms with Crippen molar-refractivity contribution >= 4 is 5.91 Å². The van der Waals surface area contributed by atoms with Crippen LogP contribution in [0.15, 0.2) is 24.3 Å². The Bertz CT molecular complexity index is 754. The lowest BCUT2D eigenvalue weighted by Crippen LogP contribution is -2.41. The minimum absolute atomic E-state index is 0.0236. The summed E-state index contributed by atoms with van der Waals surface area (Å²) in [4.78, 5) is 19.4. The molecular weight excluding hydrogens is 316 g/mol. The maximum atomic E-state index is 13.1. The minimum atomic E-state index is 0.0236. The van der Waals surface area contributed by atoms with E-state index in [0.717, 1.165) is 31.0 Å². The molecule has 0 saturated carbocycles. The maximum Gasteiger partial charge on any atom is 0.257 e. The lowest BCUT2D eigenvalue weighted by molar-refractivity contribution is 0.0665. The number of para-hydroxylation sites is 1. The summed E-state index contributed by atoms with van der Waals surface area (Å²) >= 11 is 0. The molecule has 134 valence electrons. The highest BCUT2D eigenvalue weighted by molar-refractivity contribution is 5.97. The van der Waals surface area contributed by atoms with Gasteiger partial charge in [-0.25, -0.2) is 9.67 Å². The number of amides is 1. The average Bonchev–Trinajstić information content (AvgIpc) is 2.93. The molecule has 3 rings (SSSR count). The third-order valence-corrected chi connectivity index (χ3v) is 4.42. The number of nitrogens with zero attached hydrogens (tertiary/aromatic N) is 4. The van der Waals surface area contributed by atoms with Gasteiger partial charge in [-0.15, -0.1) is 0 Å². The molecular formula is C19H26N4O2. The molecule has 1 atom stereocenters. The molecule has 0 radical (unpaired) electrons. The SMILES string of the molecule is Cc1nc(C)n([C@@H]2CCCN(C(=O)c3ccccc3OC(C)C)C2)n1. The molecule has 1 aliphatic rings. The molecule has 1 saturated heterocycles. The van der Waals surface area contributed by atoms with Crippen LogP contribution in [0, 0.1) is 13.8 Å². The van der Waals surface area contributed by atoms with Crippen molar-refractivity contribution in [2.24, 2.45) is 0 Å². The summed E-state index contributed by atoms with van der Waals surface area (Å²) in [5.74, 6) is 2.35. The number of likely N-dealkylation sites (tertiary alicyclic amines) is 1. The van der Waals surface area contributed by atoms with Crippen LogP contribution in [-0.2, 0) is 0 Å². The molecule has 1 fully saturated rings. The van der Waals surface area contributed by atoms with Crippen LogP contribution in [-0.4, -0.2) is 44.8 Å². The Kier molecular flexibility index (Phi) is 5.06. The zero-order valence-electron chi connectivity index (χ0n) is 15.4. The van der Waals surface area contributed by atoms with Gasteiger partial charge in [-0.05, 0) is 52.7 Å². The Morgan fingerprint density at radius 2 is 2.04 bits per heavy atom. The molecule has 1 aromatic heterocycles. The van der Waals surface area contributed by atoms with Gasteiger partial charge in [0.25, 0.3) is 5.91 Å². The summed E-state index contributed by atoms with van der Waals surface area (Å²) in [5, 5.41) is 4.50. The van der Waals surface area contributed by atoms with Gasteiger partial charge < -0.3 is 9.64 Å². The molecule has 1 amide bonds. The summed E-state index contributed by atoms with van der Waals surface area (Å²) in [7, 11) is 0. The number of hydrogen-bond acceptors (Lipinski definition) is 4. The number of aryl methyl sites for hydroxylation is 2. The van der Waals surface area contributed by atoms with E-state index in [1.54, 1.807) is 0 Å². The van der Waals surface area contributed by atoms with Crippen LogP contribution in [0.1, 0.15) is 54.7 Å². The van der Waals surface area contributed by atoms with Crippen molar-refractivity contribution in [2.45, 2.75) is 52.7 Å². The summed E-state index contributed by atoms with van der Waals surface area (Å²) in [6.45, 7) is 9.21. The van der Waals surface area contributed by atoms with Crippen molar-refractivity contribution < 1.29 is 9.53 Å². The number of ether oxygens (including phenoxy) is 1. The van der Waals surface area contributed by atoms with E-state index < -0.39 is 0 Å². The summed E-state index contributed by atoms with van der Waals surface area (Å²) in [6, 6.07) is 7.66. The molecule has 25 heavy (non-hydrogen) atoms. The molecule has 2 aromatic rings. The van der Waals surface area contributed by atoms with E-state index >= 15 is 0 Å². The molecule has 0 N–H and O–H groups in total. The number of aromatic nitrogens is 3. The molecule has 1 aromatic carbocycles. The normalized spacial score (nSPS) is 17.8. The first-order valence-corrected chi connectivity index (χ1v) is 8.90. The Labute approximate surface area is 148 Å². The van der Waals surface area contributed by atoms with Crippen LogP contribution in [0.2, 0.25) is 0 Å².